The second-order valence-electron chi connectivity index (χ2n) is 7.06. The predicted molar refractivity (Wildman–Crippen MR) is 96.6 cm³/mol. The highest BCUT2D eigenvalue weighted by molar-refractivity contribution is 6.35. The molecule has 0 N–H and O–H groups in total. The molecule has 0 aliphatic carbocycles. The lowest BCUT2D eigenvalue weighted by Crippen LogP contribution is -2.20. The van der Waals surface area contributed by atoms with Gasteiger partial charge in [-0.05, 0) is 12.1 Å². The molecule has 1 aromatic carbocycles. The number of fused-ring (bicyclic) bond motifs is 3. The van der Waals surface area contributed by atoms with E-state index in [0.29, 0.717) is 27.4 Å². The summed E-state index contributed by atoms with van der Waals surface area (Å²) in [7, 11) is 1.70. The fourth-order valence-corrected chi connectivity index (χ4v) is 3.13. The van der Waals surface area contributed by atoms with Crippen LogP contribution in [0.25, 0.3) is 22.4 Å². The van der Waals surface area contributed by atoms with Crippen molar-refractivity contribution in [3.8, 4) is 5.82 Å². The zero-order valence-electron chi connectivity index (χ0n) is 14.4. The Balaban J connectivity index is 2.07. The minimum atomic E-state index is -0.175. The van der Waals surface area contributed by atoms with Crippen molar-refractivity contribution in [3.05, 3.63) is 51.8 Å². The molecule has 0 spiro atoms. The molecule has 0 saturated carbocycles. The number of halogens is 1. The number of nitrogens with zero attached hydrogens (tertiary/aromatic N) is 6. The molecule has 7 nitrogen and oxygen atoms in total. The van der Waals surface area contributed by atoms with E-state index in [2.05, 4.69) is 36.1 Å². The number of aromatic nitrogens is 6. The molecule has 0 unspecified atom stereocenters. The predicted octanol–water partition coefficient (Wildman–Crippen LogP) is 2.72. The summed E-state index contributed by atoms with van der Waals surface area (Å²) in [6.45, 7) is 6.20. The first kappa shape index (κ1) is 15.8. The van der Waals surface area contributed by atoms with Crippen molar-refractivity contribution in [3.63, 3.8) is 0 Å². The van der Waals surface area contributed by atoms with Gasteiger partial charge < -0.3 is 0 Å². The molecule has 0 atom stereocenters. The summed E-state index contributed by atoms with van der Waals surface area (Å²) in [6, 6.07) is 5.38. The van der Waals surface area contributed by atoms with Gasteiger partial charge in [0.15, 0.2) is 11.5 Å². The molecule has 4 rings (SSSR count). The molecule has 128 valence electrons. The molecular formula is C17H17ClN6O. The third-order valence-corrected chi connectivity index (χ3v) is 4.60. The highest BCUT2D eigenvalue weighted by Crippen LogP contribution is 2.24. The van der Waals surface area contributed by atoms with Gasteiger partial charge in [-0.1, -0.05) is 43.7 Å². The van der Waals surface area contributed by atoms with Crippen LogP contribution in [0.3, 0.4) is 0 Å². The van der Waals surface area contributed by atoms with Crippen LogP contribution in [0.5, 0.6) is 0 Å². The van der Waals surface area contributed by atoms with Crippen LogP contribution in [0.4, 0.5) is 0 Å². The molecule has 3 aromatic heterocycles. The third-order valence-electron chi connectivity index (χ3n) is 4.29. The molecule has 3 heterocycles. The Hall–Kier alpha value is -2.67. The van der Waals surface area contributed by atoms with Crippen LogP contribution in [-0.2, 0) is 12.5 Å². The van der Waals surface area contributed by atoms with Gasteiger partial charge in [-0.3, -0.25) is 13.8 Å². The second kappa shape index (κ2) is 5.16. The van der Waals surface area contributed by atoms with Crippen molar-refractivity contribution in [1.82, 2.24) is 28.9 Å². The fraction of sp³-hybridized carbons (Fsp3) is 0.294. The Kier molecular flexibility index (Phi) is 3.27. The van der Waals surface area contributed by atoms with E-state index in [1.807, 2.05) is 22.7 Å². The quantitative estimate of drug-likeness (QED) is 0.526. The van der Waals surface area contributed by atoms with Crippen LogP contribution < -0.4 is 5.56 Å². The van der Waals surface area contributed by atoms with Crippen molar-refractivity contribution >= 4 is 28.2 Å². The van der Waals surface area contributed by atoms with Crippen molar-refractivity contribution in [2.75, 3.05) is 0 Å². The van der Waals surface area contributed by atoms with E-state index in [0.717, 1.165) is 5.69 Å². The summed E-state index contributed by atoms with van der Waals surface area (Å²) in [5.41, 5.74) is 1.89. The Morgan fingerprint density at radius 1 is 1.20 bits per heavy atom. The van der Waals surface area contributed by atoms with E-state index in [-0.39, 0.29) is 11.0 Å². The molecule has 0 aliphatic heterocycles. The van der Waals surface area contributed by atoms with E-state index in [1.54, 1.807) is 24.1 Å². The molecule has 0 saturated heterocycles. The van der Waals surface area contributed by atoms with Crippen LogP contribution in [-0.4, -0.2) is 28.9 Å². The molecule has 0 amide bonds. The van der Waals surface area contributed by atoms with Crippen molar-refractivity contribution < 1.29 is 0 Å². The molecule has 0 aliphatic rings. The summed E-state index contributed by atoms with van der Waals surface area (Å²) in [5.74, 6) is 0.546. The van der Waals surface area contributed by atoms with E-state index in [4.69, 9.17) is 11.6 Å². The van der Waals surface area contributed by atoms with E-state index in [9.17, 15) is 4.79 Å². The van der Waals surface area contributed by atoms with Crippen LogP contribution in [0, 0.1) is 0 Å². The monoisotopic (exact) mass is 356 g/mol. The zero-order valence-corrected chi connectivity index (χ0v) is 15.1. The first-order chi connectivity index (χ1) is 11.8. The lowest BCUT2D eigenvalue weighted by molar-refractivity contribution is 0.566. The van der Waals surface area contributed by atoms with Crippen molar-refractivity contribution in [1.29, 1.82) is 0 Å². The van der Waals surface area contributed by atoms with Gasteiger partial charge in [-0.15, -0.1) is 5.10 Å². The average molecular weight is 357 g/mol. The fourth-order valence-electron chi connectivity index (χ4n) is 2.88. The molecule has 25 heavy (non-hydrogen) atoms. The van der Waals surface area contributed by atoms with Gasteiger partial charge in [-0.2, -0.15) is 4.68 Å². The summed E-state index contributed by atoms with van der Waals surface area (Å²) in [4.78, 5) is 17.3. The Bertz CT molecular complexity index is 1180. The Labute approximate surface area is 148 Å². The Morgan fingerprint density at radius 3 is 2.64 bits per heavy atom. The van der Waals surface area contributed by atoms with Crippen LogP contribution in [0.15, 0.2) is 35.5 Å². The Morgan fingerprint density at radius 2 is 1.96 bits per heavy atom. The minimum Gasteiger partial charge on any atom is -0.294 e. The minimum absolute atomic E-state index is 0.125. The van der Waals surface area contributed by atoms with Gasteiger partial charge in [0.25, 0.3) is 5.56 Å². The molecule has 0 fully saturated rings. The molecule has 0 radical (unpaired) electrons. The number of benzene rings is 1. The van der Waals surface area contributed by atoms with E-state index >= 15 is 0 Å². The summed E-state index contributed by atoms with van der Waals surface area (Å²) in [5, 5.41) is 9.32. The number of imidazole rings is 1. The van der Waals surface area contributed by atoms with Gasteiger partial charge in [0.05, 0.1) is 27.8 Å². The largest absolute Gasteiger partial charge is 0.294 e. The normalized spacial score (nSPS) is 12.4. The van der Waals surface area contributed by atoms with Gasteiger partial charge in [0.1, 0.15) is 6.33 Å². The third kappa shape index (κ3) is 2.26. The summed E-state index contributed by atoms with van der Waals surface area (Å²) >= 11 is 6.24. The topological polar surface area (TPSA) is 70.0 Å². The van der Waals surface area contributed by atoms with Crippen LogP contribution >= 0.6 is 11.6 Å². The van der Waals surface area contributed by atoms with E-state index < -0.39 is 0 Å². The lowest BCUT2D eigenvalue weighted by Gasteiger charge is -2.12. The van der Waals surface area contributed by atoms with Gasteiger partial charge in [-0.25, -0.2) is 4.98 Å². The van der Waals surface area contributed by atoms with Crippen LogP contribution in [0.1, 0.15) is 26.5 Å². The number of hydrogen-bond donors (Lipinski definition) is 0. The maximum absolute atomic E-state index is 12.8. The highest BCUT2D eigenvalue weighted by atomic mass is 35.5. The maximum Gasteiger partial charge on any atom is 0.262 e. The number of aryl methyl sites for hydroxylation is 1. The van der Waals surface area contributed by atoms with E-state index in [1.165, 1.54) is 4.57 Å². The number of rotatable bonds is 1. The molecular weight excluding hydrogens is 340 g/mol. The highest BCUT2D eigenvalue weighted by Gasteiger charge is 2.21. The summed E-state index contributed by atoms with van der Waals surface area (Å²) < 4.78 is 4.98. The smallest absolute Gasteiger partial charge is 0.262 e. The molecule has 4 aromatic rings. The summed E-state index contributed by atoms with van der Waals surface area (Å²) in [6.07, 6.45) is 3.51. The van der Waals surface area contributed by atoms with Gasteiger partial charge >= 0.3 is 0 Å². The van der Waals surface area contributed by atoms with Gasteiger partial charge in [0.2, 0.25) is 0 Å². The first-order valence-electron chi connectivity index (χ1n) is 7.86. The van der Waals surface area contributed by atoms with Crippen molar-refractivity contribution in [2.24, 2.45) is 7.05 Å². The molecule has 0 bridgehead atoms. The standard InChI is InChI=1S/C17H17ClN6O/c1-17(2,3)12-8-24(21-20-12)14-15-22(4)16(25)13-10(18)6-5-7-11(13)23(15)9-19-14/h5-9H,1-4H3. The maximum atomic E-state index is 12.8. The lowest BCUT2D eigenvalue weighted by atomic mass is 9.93. The van der Waals surface area contributed by atoms with Crippen LogP contribution in [0.2, 0.25) is 5.02 Å². The van der Waals surface area contributed by atoms with Gasteiger partial charge in [0, 0.05) is 12.5 Å². The average Bonchev–Trinajstić information content (AvgIpc) is 3.18. The zero-order chi connectivity index (χ0) is 17.9. The SMILES string of the molecule is Cn1c(=O)c2c(Cl)cccc2n2cnc(-n3cc(C(C)(C)C)nn3)c12. The molecule has 8 heteroatoms. The second-order valence-corrected chi connectivity index (χ2v) is 7.47. The first-order valence-corrected chi connectivity index (χ1v) is 8.24. The van der Waals surface area contributed by atoms with Crippen molar-refractivity contribution in [2.45, 2.75) is 26.2 Å². The number of hydrogen-bond acceptors (Lipinski definition) is 4.